The van der Waals surface area contributed by atoms with Crippen molar-refractivity contribution in [1.29, 1.82) is 0 Å². The minimum absolute atomic E-state index is 0.224. The van der Waals surface area contributed by atoms with Crippen LogP contribution in [0.15, 0.2) is 60.7 Å². The molecule has 0 amide bonds. The van der Waals surface area contributed by atoms with Gasteiger partial charge in [0.2, 0.25) is 0 Å². The van der Waals surface area contributed by atoms with Crippen LogP contribution in [0.25, 0.3) is 4.91 Å². The zero-order valence-corrected chi connectivity index (χ0v) is 18.1. The van der Waals surface area contributed by atoms with E-state index in [4.69, 9.17) is 10.5 Å². The van der Waals surface area contributed by atoms with Crippen molar-refractivity contribution >= 4 is 28.4 Å². The predicted octanol–water partition coefficient (Wildman–Crippen LogP) is 6.15. The van der Waals surface area contributed by atoms with E-state index in [9.17, 15) is 0 Å². The van der Waals surface area contributed by atoms with Gasteiger partial charge in [-0.15, -0.1) is 23.5 Å². The van der Waals surface area contributed by atoms with Crippen molar-refractivity contribution in [2.24, 2.45) is 11.7 Å². The molecule has 0 unspecified atom stereocenters. The van der Waals surface area contributed by atoms with Crippen LogP contribution in [0.3, 0.4) is 0 Å². The summed E-state index contributed by atoms with van der Waals surface area (Å²) in [4.78, 5) is 1.40. The fraction of sp³-hybridized carbons (Fsp3) is 0.417. The van der Waals surface area contributed by atoms with Crippen LogP contribution in [0.5, 0.6) is 5.75 Å². The highest BCUT2D eigenvalue weighted by molar-refractivity contribution is 8.22. The second-order valence-corrected chi connectivity index (χ2v) is 10.7. The molecule has 0 radical (unpaired) electrons. The highest BCUT2D eigenvalue weighted by Gasteiger charge is 2.48. The number of benzene rings is 2. The van der Waals surface area contributed by atoms with Gasteiger partial charge in [0, 0.05) is 23.1 Å². The number of nitrogens with two attached hydrogens (primary N) is 1. The van der Waals surface area contributed by atoms with E-state index < -0.39 is 0 Å². The number of rotatable bonds is 6. The number of allylic oxidation sites excluding steroid dienone is 1. The summed E-state index contributed by atoms with van der Waals surface area (Å²) >= 11 is 4.20. The number of hydrogen-bond donors (Lipinski definition) is 1. The van der Waals surface area contributed by atoms with Gasteiger partial charge in [-0.25, -0.2) is 0 Å². The van der Waals surface area contributed by atoms with Gasteiger partial charge in [0.1, 0.15) is 5.75 Å². The standard InChI is InChI=1S/C24H29NOS2/c1-26-20-12-10-19(11-13-20)23-17-21(18-7-3-2-4-8-18)22-9-5-6-14-24(22,28-23)27-16-15-25/h2-4,7-8,10-13,17,21-22H,5-6,9,14-16,25H2,1H3/t21-,22-,24+/m1/s1. The normalized spacial score (nSPS) is 27.0. The SMILES string of the molecule is COc1ccc(C2=C[C@H](c3ccccc3)[C@H]3CCCC[C@]3(SCCN)S2)cc1. The topological polar surface area (TPSA) is 35.2 Å². The molecule has 28 heavy (non-hydrogen) atoms. The first-order valence-electron chi connectivity index (χ1n) is 10.2. The Bertz CT molecular complexity index is 805. The first kappa shape index (κ1) is 19.9. The molecule has 0 bridgehead atoms. The Morgan fingerprint density at radius 1 is 1.11 bits per heavy atom. The second-order valence-electron chi connectivity index (χ2n) is 7.60. The first-order chi connectivity index (χ1) is 13.8. The Morgan fingerprint density at radius 2 is 1.89 bits per heavy atom. The van der Waals surface area contributed by atoms with Crippen LogP contribution < -0.4 is 10.5 Å². The Balaban J connectivity index is 1.77. The average molecular weight is 412 g/mol. The van der Waals surface area contributed by atoms with E-state index in [-0.39, 0.29) is 4.08 Å². The zero-order chi connectivity index (χ0) is 19.4. The van der Waals surface area contributed by atoms with Crippen molar-refractivity contribution in [1.82, 2.24) is 0 Å². The third-order valence-electron chi connectivity index (χ3n) is 5.93. The van der Waals surface area contributed by atoms with Gasteiger partial charge in [0.05, 0.1) is 11.2 Å². The van der Waals surface area contributed by atoms with Crippen LogP contribution in [0.4, 0.5) is 0 Å². The molecule has 2 aromatic carbocycles. The lowest BCUT2D eigenvalue weighted by molar-refractivity contribution is 0.320. The third kappa shape index (κ3) is 4.00. The Labute approximate surface area is 177 Å². The fourth-order valence-corrected chi connectivity index (χ4v) is 8.06. The lowest BCUT2D eigenvalue weighted by atomic mass is 9.75. The van der Waals surface area contributed by atoms with Crippen LogP contribution >= 0.6 is 23.5 Å². The molecule has 4 rings (SSSR count). The molecular formula is C24H29NOS2. The highest BCUT2D eigenvalue weighted by Crippen LogP contribution is 2.63. The highest BCUT2D eigenvalue weighted by atomic mass is 32.2. The van der Waals surface area contributed by atoms with Crippen molar-refractivity contribution < 1.29 is 4.74 Å². The molecule has 2 aliphatic rings. The van der Waals surface area contributed by atoms with Gasteiger partial charge in [-0.3, -0.25) is 0 Å². The predicted molar refractivity (Wildman–Crippen MR) is 124 cm³/mol. The summed E-state index contributed by atoms with van der Waals surface area (Å²) in [6, 6.07) is 19.6. The maximum atomic E-state index is 5.93. The van der Waals surface area contributed by atoms with E-state index in [1.807, 2.05) is 0 Å². The van der Waals surface area contributed by atoms with E-state index in [2.05, 4.69) is 84.2 Å². The fourth-order valence-electron chi connectivity index (χ4n) is 4.57. The molecule has 3 atom stereocenters. The van der Waals surface area contributed by atoms with Crippen molar-refractivity contribution in [2.75, 3.05) is 19.4 Å². The van der Waals surface area contributed by atoms with Gasteiger partial charge in [-0.2, -0.15) is 0 Å². The van der Waals surface area contributed by atoms with Crippen LogP contribution in [-0.2, 0) is 0 Å². The number of thioether (sulfide) groups is 2. The average Bonchev–Trinajstić information content (AvgIpc) is 2.77. The quantitative estimate of drug-likeness (QED) is 0.619. The van der Waals surface area contributed by atoms with Crippen LogP contribution in [0.2, 0.25) is 0 Å². The molecule has 4 heteroatoms. The van der Waals surface area contributed by atoms with Crippen molar-refractivity contribution in [3.63, 3.8) is 0 Å². The molecule has 0 aromatic heterocycles. The smallest absolute Gasteiger partial charge is 0.118 e. The molecule has 0 saturated heterocycles. The molecule has 2 N–H and O–H groups in total. The summed E-state index contributed by atoms with van der Waals surface area (Å²) in [5, 5.41) is 0. The molecule has 1 aliphatic heterocycles. The largest absolute Gasteiger partial charge is 0.497 e. The summed E-state index contributed by atoms with van der Waals surface area (Å²) in [5.41, 5.74) is 8.67. The molecule has 1 fully saturated rings. The molecule has 2 nitrogen and oxygen atoms in total. The van der Waals surface area contributed by atoms with E-state index in [0.29, 0.717) is 11.8 Å². The van der Waals surface area contributed by atoms with Gasteiger partial charge >= 0.3 is 0 Å². The number of hydrogen-bond acceptors (Lipinski definition) is 4. The monoisotopic (exact) mass is 411 g/mol. The van der Waals surface area contributed by atoms with Crippen molar-refractivity contribution in [3.8, 4) is 5.75 Å². The molecule has 1 heterocycles. The molecule has 1 saturated carbocycles. The van der Waals surface area contributed by atoms with E-state index >= 15 is 0 Å². The van der Waals surface area contributed by atoms with Gasteiger partial charge in [-0.05, 0) is 42.0 Å². The number of ether oxygens (including phenoxy) is 1. The van der Waals surface area contributed by atoms with Gasteiger partial charge in [0.15, 0.2) is 0 Å². The van der Waals surface area contributed by atoms with Crippen molar-refractivity contribution in [2.45, 2.75) is 35.7 Å². The van der Waals surface area contributed by atoms with Crippen molar-refractivity contribution in [3.05, 3.63) is 71.8 Å². The summed E-state index contributed by atoms with van der Waals surface area (Å²) in [5.74, 6) is 3.06. The maximum Gasteiger partial charge on any atom is 0.118 e. The number of fused-ring (bicyclic) bond motifs is 1. The maximum absolute atomic E-state index is 5.93. The van der Waals surface area contributed by atoms with Crippen LogP contribution in [0, 0.1) is 5.92 Å². The minimum atomic E-state index is 0.224. The summed E-state index contributed by atoms with van der Waals surface area (Å²) in [6.07, 6.45) is 7.75. The summed E-state index contributed by atoms with van der Waals surface area (Å²) in [6.45, 7) is 0.747. The zero-order valence-electron chi connectivity index (χ0n) is 16.5. The molecule has 148 valence electrons. The lowest BCUT2D eigenvalue weighted by Gasteiger charge is -2.49. The molecule has 0 spiro atoms. The Morgan fingerprint density at radius 3 is 2.61 bits per heavy atom. The van der Waals surface area contributed by atoms with Gasteiger partial charge in [0.25, 0.3) is 0 Å². The van der Waals surface area contributed by atoms with E-state index in [0.717, 1.165) is 18.0 Å². The van der Waals surface area contributed by atoms with Gasteiger partial charge in [-0.1, -0.05) is 61.4 Å². The molecule has 1 aliphatic carbocycles. The first-order valence-corrected chi connectivity index (χ1v) is 12.0. The Hall–Kier alpha value is -1.36. The van der Waals surface area contributed by atoms with E-state index in [1.165, 1.54) is 41.7 Å². The molecular weight excluding hydrogens is 382 g/mol. The number of methoxy groups -OCH3 is 1. The Kier molecular flexibility index (Phi) is 6.39. The van der Waals surface area contributed by atoms with Gasteiger partial charge < -0.3 is 10.5 Å². The molecule has 2 aromatic rings. The van der Waals surface area contributed by atoms with Crippen LogP contribution in [-0.4, -0.2) is 23.5 Å². The van der Waals surface area contributed by atoms with Crippen LogP contribution in [0.1, 0.15) is 42.7 Å². The summed E-state index contributed by atoms with van der Waals surface area (Å²) in [7, 11) is 1.72. The summed E-state index contributed by atoms with van der Waals surface area (Å²) < 4.78 is 5.59. The third-order valence-corrected chi connectivity index (χ3v) is 9.41. The van der Waals surface area contributed by atoms with E-state index in [1.54, 1.807) is 7.11 Å². The second kappa shape index (κ2) is 8.98. The minimum Gasteiger partial charge on any atom is -0.497 e. The lowest BCUT2D eigenvalue weighted by Crippen LogP contribution is -2.40.